The van der Waals surface area contributed by atoms with E-state index in [9.17, 15) is 13.6 Å². The number of anilines is 1. The number of hydrogen-bond acceptors (Lipinski definition) is 4. The summed E-state index contributed by atoms with van der Waals surface area (Å²) >= 11 is 0. The molecule has 0 fully saturated rings. The van der Waals surface area contributed by atoms with Crippen LogP contribution >= 0.6 is 0 Å². The van der Waals surface area contributed by atoms with Crippen LogP contribution in [-0.4, -0.2) is 30.6 Å². The van der Waals surface area contributed by atoms with Gasteiger partial charge in [-0.15, -0.1) is 5.10 Å². The second-order valence-electron chi connectivity index (χ2n) is 7.25. The molecule has 2 amide bonds. The van der Waals surface area contributed by atoms with Crippen molar-refractivity contribution >= 4 is 11.8 Å². The summed E-state index contributed by atoms with van der Waals surface area (Å²) in [6, 6.07) is 11.1. The van der Waals surface area contributed by atoms with Gasteiger partial charge in [-0.2, -0.15) is 0 Å². The van der Waals surface area contributed by atoms with E-state index in [0.29, 0.717) is 22.6 Å². The van der Waals surface area contributed by atoms with Gasteiger partial charge < -0.3 is 9.88 Å². The number of benzene rings is 2. The van der Waals surface area contributed by atoms with Gasteiger partial charge in [-0.1, -0.05) is 35.5 Å². The Balaban J connectivity index is 1.51. The highest BCUT2D eigenvalue weighted by Crippen LogP contribution is 2.21. The first-order chi connectivity index (χ1) is 15.4. The Labute approximate surface area is 182 Å². The lowest BCUT2D eigenvalue weighted by Crippen LogP contribution is -2.34. The van der Waals surface area contributed by atoms with Crippen molar-refractivity contribution in [3.05, 3.63) is 95.2 Å². The molecule has 0 bridgehead atoms. The summed E-state index contributed by atoms with van der Waals surface area (Å²) in [5, 5.41) is 13.5. The van der Waals surface area contributed by atoms with E-state index in [0.717, 1.165) is 0 Å². The molecule has 2 N–H and O–H groups in total. The van der Waals surface area contributed by atoms with E-state index in [2.05, 4.69) is 25.9 Å². The highest BCUT2D eigenvalue weighted by molar-refractivity contribution is 5.89. The molecule has 0 radical (unpaired) electrons. The molecule has 2 heterocycles. The number of halogens is 2. The predicted octanol–water partition coefficient (Wildman–Crippen LogP) is 3.56. The number of carbonyl (C=O) groups is 1. The van der Waals surface area contributed by atoms with Crippen LogP contribution in [0.5, 0.6) is 0 Å². The van der Waals surface area contributed by atoms with Gasteiger partial charge in [-0.3, -0.25) is 5.32 Å². The zero-order chi connectivity index (χ0) is 22.7. The Bertz CT molecular complexity index is 1230. The lowest BCUT2D eigenvalue weighted by atomic mass is 10.1. The largest absolute Gasteiger partial charge is 0.336 e. The highest BCUT2D eigenvalue weighted by atomic mass is 19.1. The minimum atomic E-state index is -0.621. The fourth-order valence-electron chi connectivity index (χ4n) is 3.30. The molecule has 0 saturated heterocycles. The smallest absolute Gasteiger partial charge is 0.321 e. The molecule has 0 spiro atoms. The summed E-state index contributed by atoms with van der Waals surface area (Å²) in [5.74, 6) is 0.106. The molecule has 0 aliphatic heterocycles. The Hall–Kier alpha value is -4.08. The van der Waals surface area contributed by atoms with Gasteiger partial charge >= 0.3 is 6.03 Å². The normalized spacial score (nSPS) is 11.9. The molecular weight excluding hydrogens is 416 g/mol. The fourth-order valence-corrected chi connectivity index (χ4v) is 3.30. The van der Waals surface area contributed by atoms with Crippen LogP contribution in [0.2, 0.25) is 0 Å². The molecule has 4 rings (SSSR count). The molecule has 2 aromatic carbocycles. The van der Waals surface area contributed by atoms with Gasteiger partial charge in [-0.25, -0.2) is 23.2 Å². The average Bonchev–Trinajstić information content (AvgIpc) is 3.35. The van der Waals surface area contributed by atoms with Crippen LogP contribution in [0.4, 0.5) is 19.4 Å². The van der Waals surface area contributed by atoms with Crippen molar-refractivity contribution in [1.29, 1.82) is 0 Å². The second kappa shape index (κ2) is 8.96. The summed E-state index contributed by atoms with van der Waals surface area (Å²) in [6.07, 6.45) is 3.37. The Morgan fingerprint density at radius 3 is 2.56 bits per heavy atom. The molecule has 8 nitrogen and oxygen atoms in total. The van der Waals surface area contributed by atoms with Crippen LogP contribution in [0.1, 0.15) is 28.7 Å². The van der Waals surface area contributed by atoms with Gasteiger partial charge in [0.05, 0.1) is 12.2 Å². The molecule has 1 unspecified atom stereocenters. The summed E-state index contributed by atoms with van der Waals surface area (Å²) in [5.41, 5.74) is 1.69. The van der Waals surface area contributed by atoms with E-state index in [-0.39, 0.29) is 24.0 Å². The molecule has 164 valence electrons. The van der Waals surface area contributed by atoms with E-state index in [4.69, 9.17) is 0 Å². The van der Waals surface area contributed by atoms with Crippen molar-refractivity contribution in [3.63, 3.8) is 0 Å². The number of imidazole rings is 1. The monoisotopic (exact) mass is 437 g/mol. The summed E-state index contributed by atoms with van der Waals surface area (Å²) in [4.78, 5) is 17.1. The molecule has 1 atom stereocenters. The van der Waals surface area contributed by atoms with Gasteiger partial charge in [0.1, 0.15) is 23.5 Å². The number of rotatable bonds is 6. The highest BCUT2D eigenvalue weighted by Gasteiger charge is 2.22. The molecule has 2 aromatic heterocycles. The number of aromatic nitrogens is 5. The second-order valence-corrected chi connectivity index (χ2v) is 7.25. The fraction of sp³-hybridized carbons (Fsp3) is 0.182. The molecule has 32 heavy (non-hydrogen) atoms. The van der Waals surface area contributed by atoms with Crippen molar-refractivity contribution < 1.29 is 13.6 Å². The molecule has 0 aliphatic carbocycles. The number of carbonyl (C=O) groups excluding carboxylic acids is 1. The van der Waals surface area contributed by atoms with E-state index >= 15 is 0 Å². The third kappa shape index (κ3) is 4.48. The van der Waals surface area contributed by atoms with Crippen LogP contribution in [0.15, 0.2) is 60.9 Å². The maximum atomic E-state index is 13.9. The number of amides is 2. The first-order valence-electron chi connectivity index (χ1n) is 9.86. The van der Waals surface area contributed by atoms with Gasteiger partial charge in [-0.05, 0) is 30.7 Å². The van der Waals surface area contributed by atoms with Crippen molar-refractivity contribution in [1.82, 2.24) is 29.9 Å². The van der Waals surface area contributed by atoms with E-state index in [1.807, 2.05) is 0 Å². The number of nitrogens with one attached hydrogen (secondary N) is 2. The van der Waals surface area contributed by atoms with Crippen LogP contribution in [-0.2, 0) is 13.6 Å². The van der Waals surface area contributed by atoms with E-state index < -0.39 is 12.1 Å². The van der Waals surface area contributed by atoms with Crippen molar-refractivity contribution in [3.8, 4) is 0 Å². The first kappa shape index (κ1) is 21.2. The van der Waals surface area contributed by atoms with Crippen LogP contribution in [0.3, 0.4) is 0 Å². The molecular formula is C22H21F2N7O. The zero-order valence-corrected chi connectivity index (χ0v) is 17.5. The average molecular weight is 437 g/mol. The maximum absolute atomic E-state index is 13.9. The maximum Gasteiger partial charge on any atom is 0.321 e. The van der Waals surface area contributed by atoms with Crippen LogP contribution in [0.25, 0.3) is 0 Å². The van der Waals surface area contributed by atoms with Gasteiger partial charge in [0.25, 0.3) is 0 Å². The topological polar surface area (TPSA) is 89.7 Å². The van der Waals surface area contributed by atoms with Gasteiger partial charge in [0.15, 0.2) is 5.82 Å². The van der Waals surface area contributed by atoms with E-state index in [1.165, 1.54) is 22.9 Å². The van der Waals surface area contributed by atoms with Crippen LogP contribution in [0, 0.1) is 18.6 Å². The van der Waals surface area contributed by atoms with Crippen molar-refractivity contribution in [2.24, 2.45) is 7.05 Å². The van der Waals surface area contributed by atoms with Gasteiger partial charge in [0.2, 0.25) is 0 Å². The first-order valence-corrected chi connectivity index (χ1v) is 9.86. The van der Waals surface area contributed by atoms with Crippen LogP contribution < -0.4 is 10.6 Å². The van der Waals surface area contributed by atoms with Crippen molar-refractivity contribution in [2.45, 2.75) is 19.5 Å². The predicted molar refractivity (Wildman–Crippen MR) is 114 cm³/mol. The summed E-state index contributed by atoms with van der Waals surface area (Å²) in [7, 11) is 1.80. The molecule has 0 saturated carbocycles. The third-order valence-electron chi connectivity index (χ3n) is 5.09. The van der Waals surface area contributed by atoms with Crippen molar-refractivity contribution in [2.75, 3.05) is 5.32 Å². The molecule has 10 heteroatoms. The number of nitrogens with zero attached hydrogens (tertiary/aromatic N) is 5. The zero-order valence-electron chi connectivity index (χ0n) is 17.5. The number of hydrogen-bond donors (Lipinski definition) is 2. The Morgan fingerprint density at radius 2 is 1.88 bits per heavy atom. The van der Waals surface area contributed by atoms with E-state index in [1.54, 1.807) is 61.3 Å². The quantitative estimate of drug-likeness (QED) is 0.483. The minimum absolute atomic E-state index is 0.181. The SMILES string of the molecule is Cc1c(NC(=O)NC(c2ccc(F)cc2)c2nccn2C)nnn1Cc1ccccc1F. The Kier molecular flexibility index (Phi) is 5.93. The molecule has 0 aliphatic rings. The summed E-state index contributed by atoms with van der Waals surface area (Å²) in [6.45, 7) is 1.91. The minimum Gasteiger partial charge on any atom is -0.336 e. The number of aryl methyl sites for hydroxylation is 1. The lowest BCUT2D eigenvalue weighted by molar-refractivity contribution is 0.249. The summed E-state index contributed by atoms with van der Waals surface area (Å²) < 4.78 is 30.6. The third-order valence-corrected chi connectivity index (χ3v) is 5.09. The molecule has 4 aromatic rings. The Morgan fingerprint density at radius 1 is 1.12 bits per heavy atom. The lowest BCUT2D eigenvalue weighted by Gasteiger charge is -2.19. The number of urea groups is 1. The standard InChI is InChI=1S/C22H21F2N7O/c1-14-20(28-29-31(14)13-16-5-3-4-6-18(16)24)27-22(32)26-19(21-25-11-12-30(21)2)15-7-9-17(23)10-8-15/h3-12,19H,13H2,1-2H3,(H2,26,27,32). The van der Waals surface area contributed by atoms with Gasteiger partial charge in [0, 0.05) is 25.0 Å².